The lowest BCUT2D eigenvalue weighted by atomic mass is 9.97. The first-order valence-electron chi connectivity index (χ1n) is 13.5. The Morgan fingerprint density at radius 2 is 1.00 bits per heavy atom. The molecule has 0 saturated carbocycles. The van der Waals surface area contributed by atoms with E-state index < -0.39 is 143 Å². The molecule has 0 aromatic heterocycles. The maximum Gasteiger partial charge on any atom is 0.186 e. The van der Waals surface area contributed by atoms with Crippen LogP contribution >= 0.6 is 0 Å². The predicted molar refractivity (Wildman–Crippen MR) is 128 cm³/mol. The van der Waals surface area contributed by atoms with Crippen LogP contribution in [-0.4, -0.2) is 210 Å². The summed E-state index contributed by atoms with van der Waals surface area (Å²) in [6.07, 6.45) is -32.3. The topological polar surface area (TPSA) is 328 Å². The fraction of sp³-hybridized carbons (Fsp3) is 1.00. The van der Waals surface area contributed by atoms with Crippen LogP contribution in [0.3, 0.4) is 0 Å². The van der Waals surface area contributed by atoms with Crippen LogP contribution in [0.4, 0.5) is 0 Å². The molecule has 0 bridgehead atoms. The lowest BCUT2D eigenvalue weighted by Gasteiger charge is -2.46. The Kier molecular flexibility index (Phi) is 12.0. The molecule has 43 heavy (non-hydrogen) atoms. The molecule has 19 atom stereocenters. The maximum atomic E-state index is 11.0. The Morgan fingerprint density at radius 1 is 0.488 bits per heavy atom. The fourth-order valence-corrected chi connectivity index (χ4v) is 5.05. The van der Waals surface area contributed by atoms with Crippen molar-refractivity contribution in [3.63, 3.8) is 0 Å². The summed E-state index contributed by atoms with van der Waals surface area (Å²) in [5, 5.41) is 131. The summed E-state index contributed by atoms with van der Waals surface area (Å²) in [5.41, 5.74) is 0. The number of hydrogen-bond donors (Lipinski definition) is 13. The first-order chi connectivity index (χ1) is 20.3. The van der Waals surface area contributed by atoms with Crippen molar-refractivity contribution >= 4 is 0 Å². The van der Waals surface area contributed by atoms with Crippen LogP contribution in [0, 0.1) is 0 Å². The number of aliphatic hydroxyl groups is 13. The van der Waals surface area contributed by atoms with Gasteiger partial charge in [-0.2, -0.15) is 0 Å². The van der Waals surface area contributed by atoms with Crippen LogP contribution in [0.5, 0.6) is 0 Å². The summed E-state index contributed by atoms with van der Waals surface area (Å²) in [7, 11) is 0. The Balaban J connectivity index is 1.48. The second-order valence-corrected chi connectivity index (χ2v) is 10.8. The molecule has 4 fully saturated rings. The molecule has 4 rings (SSSR count). The van der Waals surface area contributed by atoms with E-state index in [0.29, 0.717) is 0 Å². The van der Waals surface area contributed by atoms with Crippen LogP contribution < -0.4 is 0 Å². The van der Waals surface area contributed by atoms with Gasteiger partial charge >= 0.3 is 0 Å². The van der Waals surface area contributed by atoms with E-state index in [1.165, 1.54) is 0 Å². The Labute approximate surface area is 243 Å². The highest BCUT2D eigenvalue weighted by Crippen LogP contribution is 2.30. The van der Waals surface area contributed by atoms with Crippen molar-refractivity contribution in [3.05, 3.63) is 0 Å². The highest BCUT2D eigenvalue weighted by molar-refractivity contribution is 4.95. The molecule has 0 unspecified atom stereocenters. The molecule has 4 heterocycles. The lowest BCUT2D eigenvalue weighted by molar-refractivity contribution is -0.363. The minimum absolute atomic E-state index is 0.477. The largest absolute Gasteiger partial charge is 0.394 e. The Bertz CT molecular complexity index is 869. The van der Waals surface area contributed by atoms with E-state index in [0.717, 1.165) is 0 Å². The molecule has 4 aliphatic heterocycles. The van der Waals surface area contributed by atoms with E-state index in [4.69, 9.17) is 33.2 Å². The molecule has 20 nitrogen and oxygen atoms in total. The first kappa shape index (κ1) is 35.1. The van der Waals surface area contributed by atoms with Gasteiger partial charge in [0, 0.05) is 0 Å². The van der Waals surface area contributed by atoms with E-state index in [-0.39, 0.29) is 0 Å². The zero-order chi connectivity index (χ0) is 31.7. The number of rotatable bonds is 9. The number of ether oxygens (including phenoxy) is 7. The van der Waals surface area contributed by atoms with Crippen molar-refractivity contribution in [1.29, 1.82) is 0 Å². The van der Waals surface area contributed by atoms with Crippen LogP contribution in [-0.2, 0) is 33.2 Å². The molecule has 13 N–H and O–H groups in total. The van der Waals surface area contributed by atoms with Crippen molar-refractivity contribution < 1.29 is 99.5 Å². The summed E-state index contributed by atoms with van der Waals surface area (Å²) in [5.74, 6) is 0. The molecular weight excluding hydrogens is 596 g/mol. The molecule has 0 aromatic rings. The van der Waals surface area contributed by atoms with E-state index >= 15 is 0 Å². The summed E-state index contributed by atoms with van der Waals surface area (Å²) < 4.78 is 37.5. The highest BCUT2D eigenvalue weighted by Gasteiger charge is 2.51. The molecule has 0 spiro atoms. The Morgan fingerprint density at radius 3 is 1.63 bits per heavy atom. The van der Waals surface area contributed by atoms with E-state index in [9.17, 15) is 66.4 Å². The molecule has 20 heteroatoms. The molecule has 4 aliphatic rings. The smallest absolute Gasteiger partial charge is 0.186 e. The quantitative estimate of drug-likeness (QED) is 0.112. The maximum absolute atomic E-state index is 11.0. The zero-order valence-corrected chi connectivity index (χ0v) is 22.5. The lowest BCUT2D eigenvalue weighted by Crippen LogP contribution is -2.64. The van der Waals surface area contributed by atoms with E-state index in [1.807, 2.05) is 0 Å². The summed E-state index contributed by atoms with van der Waals surface area (Å²) in [4.78, 5) is 0. The van der Waals surface area contributed by atoms with Crippen molar-refractivity contribution in [1.82, 2.24) is 0 Å². The van der Waals surface area contributed by atoms with E-state index in [2.05, 4.69) is 0 Å². The van der Waals surface area contributed by atoms with Crippen molar-refractivity contribution in [3.8, 4) is 0 Å². The van der Waals surface area contributed by atoms with Gasteiger partial charge in [0.15, 0.2) is 25.2 Å². The van der Waals surface area contributed by atoms with Crippen molar-refractivity contribution in [2.24, 2.45) is 0 Å². The van der Waals surface area contributed by atoms with Gasteiger partial charge in [-0.25, -0.2) is 0 Å². The third-order valence-corrected chi connectivity index (χ3v) is 7.77. The van der Waals surface area contributed by atoms with Gasteiger partial charge in [0.1, 0.15) is 91.6 Å². The summed E-state index contributed by atoms with van der Waals surface area (Å²) in [6, 6.07) is 0. The molecule has 0 aliphatic carbocycles. The van der Waals surface area contributed by atoms with Gasteiger partial charge in [-0.15, -0.1) is 0 Å². The van der Waals surface area contributed by atoms with Gasteiger partial charge in [0.05, 0.1) is 26.4 Å². The monoisotopic (exact) mass is 636 g/mol. The zero-order valence-electron chi connectivity index (χ0n) is 22.5. The average Bonchev–Trinajstić information content (AvgIpc) is 2.99. The highest BCUT2D eigenvalue weighted by atomic mass is 16.8. The van der Waals surface area contributed by atoms with Crippen LogP contribution in [0.25, 0.3) is 0 Å². The second-order valence-electron chi connectivity index (χ2n) is 10.8. The SMILES string of the molecule is OC[C@H]1O[C@@H](OC[C@H]2O[C@@H](OC[C@H]3O[C@@H](O)[C@H](O)[C@@H](O)[C@H]3O)[C@H](O)[C@@H](O[C@@H]3OC[C@H](O)[C@H](O)[C@H]3O)[C@H]2O)[C@H](O)[C@@H](O)[C@H]1O. The Hall–Kier alpha value is -0.800. The van der Waals surface area contributed by atoms with Crippen LogP contribution in [0.15, 0.2) is 0 Å². The van der Waals surface area contributed by atoms with Crippen molar-refractivity contribution in [2.75, 3.05) is 26.4 Å². The third kappa shape index (κ3) is 7.45. The molecule has 4 saturated heterocycles. The fourth-order valence-electron chi connectivity index (χ4n) is 5.05. The van der Waals surface area contributed by atoms with Gasteiger partial charge in [-0.3, -0.25) is 0 Å². The minimum atomic E-state index is -1.89. The first-order valence-corrected chi connectivity index (χ1v) is 13.5. The average molecular weight is 637 g/mol. The normalized spacial score (nSPS) is 53.1. The summed E-state index contributed by atoms with van der Waals surface area (Å²) >= 11 is 0. The van der Waals surface area contributed by atoms with E-state index in [1.54, 1.807) is 0 Å². The molecular formula is C23H40O20. The summed E-state index contributed by atoms with van der Waals surface area (Å²) in [6.45, 7) is -2.56. The van der Waals surface area contributed by atoms with Crippen LogP contribution in [0.2, 0.25) is 0 Å². The molecule has 0 aromatic carbocycles. The standard InChI is InChI=1S/C23H40O20/c24-1-6-10(27)14(31)17(34)21(41-6)38-4-8-12(29)19(43-22-16(33)9(26)5(25)2-37-22)18(35)23(42-8)39-3-7-11(28)13(30)15(32)20(36)40-7/h5-36H,1-4H2/t5-,6+,7+,8+,9-,10-,11-,12-,13-,14-,15+,16+,17+,18+,19-,20+,21+,22-,23+/m0/s1. The van der Waals surface area contributed by atoms with Gasteiger partial charge in [0.25, 0.3) is 0 Å². The van der Waals surface area contributed by atoms with Crippen molar-refractivity contribution in [2.45, 2.75) is 117 Å². The number of aliphatic hydroxyl groups excluding tert-OH is 13. The number of hydrogen-bond acceptors (Lipinski definition) is 20. The molecule has 0 radical (unpaired) electrons. The van der Waals surface area contributed by atoms with Gasteiger partial charge in [-0.1, -0.05) is 0 Å². The van der Waals surface area contributed by atoms with Gasteiger partial charge in [0.2, 0.25) is 0 Å². The van der Waals surface area contributed by atoms with Gasteiger partial charge in [-0.05, 0) is 0 Å². The predicted octanol–water partition coefficient (Wildman–Crippen LogP) is -9.11. The van der Waals surface area contributed by atoms with Crippen LogP contribution in [0.1, 0.15) is 0 Å². The molecule has 0 amide bonds. The second kappa shape index (κ2) is 14.7. The third-order valence-electron chi connectivity index (χ3n) is 7.77. The van der Waals surface area contributed by atoms with Gasteiger partial charge < -0.3 is 99.5 Å². The molecule has 252 valence electrons. The minimum Gasteiger partial charge on any atom is -0.394 e.